The Kier molecular flexibility index (Phi) is 5.99. The molecule has 1 aromatic carbocycles. The Bertz CT molecular complexity index is 872. The van der Waals surface area contributed by atoms with Gasteiger partial charge in [0.2, 0.25) is 5.91 Å². The van der Waals surface area contributed by atoms with Gasteiger partial charge in [-0.3, -0.25) is 9.48 Å². The minimum Gasteiger partial charge on any atom is -0.354 e. The van der Waals surface area contributed by atoms with E-state index in [9.17, 15) is 9.59 Å². The lowest BCUT2D eigenvalue weighted by Crippen LogP contribution is -2.48. The fraction of sp³-hybridized carbons (Fsp3) is 0.571. The van der Waals surface area contributed by atoms with E-state index in [1.807, 2.05) is 22.8 Å². The topological polar surface area (TPSA) is 79.7 Å². The highest BCUT2D eigenvalue weighted by atomic mass is 16.5. The van der Waals surface area contributed by atoms with Crippen LogP contribution >= 0.6 is 0 Å². The van der Waals surface area contributed by atoms with Gasteiger partial charge in [-0.1, -0.05) is 6.07 Å². The largest absolute Gasteiger partial charge is 0.354 e. The van der Waals surface area contributed by atoms with Crippen LogP contribution in [-0.2, 0) is 16.6 Å². The number of fused-ring (bicyclic) bond motifs is 1. The summed E-state index contributed by atoms with van der Waals surface area (Å²) in [6.45, 7) is 2.95. The molecule has 4 rings (SSSR count). The van der Waals surface area contributed by atoms with Crippen LogP contribution in [0.4, 0.5) is 4.79 Å². The maximum absolute atomic E-state index is 13.0. The van der Waals surface area contributed by atoms with E-state index in [1.54, 1.807) is 4.90 Å². The predicted octanol–water partition coefficient (Wildman–Crippen LogP) is 2.06. The maximum atomic E-state index is 13.0. The predicted molar refractivity (Wildman–Crippen MR) is 109 cm³/mol. The summed E-state index contributed by atoms with van der Waals surface area (Å²) in [7, 11) is 1.96. The van der Waals surface area contributed by atoms with Gasteiger partial charge >= 0.3 is 6.03 Å². The average Bonchev–Trinajstić information content (AvgIpc) is 3.12. The number of amides is 3. The van der Waals surface area contributed by atoms with Gasteiger partial charge in [0, 0.05) is 38.6 Å². The number of nitrogens with one attached hydrogen (secondary N) is 1. The molecule has 0 unspecified atom stereocenters. The van der Waals surface area contributed by atoms with Crippen molar-refractivity contribution >= 4 is 22.8 Å². The quantitative estimate of drug-likeness (QED) is 0.796. The van der Waals surface area contributed by atoms with Crippen molar-refractivity contribution < 1.29 is 14.3 Å². The first-order valence-electron chi connectivity index (χ1n) is 10.4. The molecular weight excluding hydrogens is 370 g/mol. The van der Waals surface area contributed by atoms with Crippen LogP contribution < -0.4 is 5.32 Å². The van der Waals surface area contributed by atoms with Gasteiger partial charge in [0.1, 0.15) is 13.3 Å². The molecule has 2 aromatic rings. The lowest BCUT2D eigenvalue weighted by atomic mass is 9.89. The van der Waals surface area contributed by atoms with Crippen LogP contribution in [0.15, 0.2) is 24.4 Å². The van der Waals surface area contributed by atoms with E-state index in [0.717, 1.165) is 49.7 Å². The average molecular weight is 399 g/mol. The number of carbonyl (C=O) groups is 2. The minimum atomic E-state index is -0.120. The van der Waals surface area contributed by atoms with Gasteiger partial charge in [-0.2, -0.15) is 5.10 Å². The molecule has 0 atom stereocenters. The van der Waals surface area contributed by atoms with Gasteiger partial charge in [0.15, 0.2) is 0 Å². The summed E-state index contributed by atoms with van der Waals surface area (Å²) in [5, 5.41) is 8.30. The SMILES string of the molecule is Cn1ncc2cc(C3CCN(C(=O)N4CCCCNC(=O)COC4)CC3)ccc21. The second-order valence-corrected chi connectivity index (χ2v) is 7.93. The maximum Gasteiger partial charge on any atom is 0.321 e. The number of ether oxygens (including phenoxy) is 1. The molecule has 1 N–H and O–H groups in total. The smallest absolute Gasteiger partial charge is 0.321 e. The number of likely N-dealkylation sites (tertiary alicyclic amines) is 1. The van der Waals surface area contributed by atoms with Crippen LogP contribution in [-0.4, -0.2) is 71.0 Å². The van der Waals surface area contributed by atoms with E-state index < -0.39 is 0 Å². The second-order valence-electron chi connectivity index (χ2n) is 7.93. The molecule has 3 amide bonds. The first kappa shape index (κ1) is 19.7. The Balaban J connectivity index is 1.34. The monoisotopic (exact) mass is 399 g/mol. The minimum absolute atomic E-state index is 0.00265. The van der Waals surface area contributed by atoms with Crippen LogP contribution in [0.2, 0.25) is 0 Å². The third kappa shape index (κ3) is 4.53. The summed E-state index contributed by atoms with van der Waals surface area (Å²) in [6.07, 6.45) is 5.54. The summed E-state index contributed by atoms with van der Waals surface area (Å²) < 4.78 is 7.33. The van der Waals surface area contributed by atoms with Crippen molar-refractivity contribution in [3.8, 4) is 0 Å². The summed E-state index contributed by atoms with van der Waals surface area (Å²) >= 11 is 0. The first-order valence-corrected chi connectivity index (χ1v) is 10.4. The number of urea groups is 1. The number of carbonyl (C=O) groups excluding carboxylic acids is 2. The summed E-state index contributed by atoms with van der Waals surface area (Å²) in [4.78, 5) is 28.2. The molecule has 0 spiro atoms. The van der Waals surface area contributed by atoms with Crippen LogP contribution in [0.3, 0.4) is 0 Å². The molecule has 0 radical (unpaired) electrons. The van der Waals surface area contributed by atoms with E-state index in [-0.39, 0.29) is 25.3 Å². The second kappa shape index (κ2) is 8.82. The third-order valence-corrected chi connectivity index (χ3v) is 5.93. The standard InChI is InChI=1S/C21H29N5O3/c1-24-19-5-4-17(12-18(19)13-23-24)16-6-10-25(11-7-16)21(28)26-9-3-2-8-22-20(27)14-29-15-26/h4-5,12-13,16H,2-3,6-11,14-15H2,1H3,(H,22,27). The van der Waals surface area contributed by atoms with Crippen molar-refractivity contribution in [3.05, 3.63) is 30.0 Å². The molecule has 2 saturated heterocycles. The highest BCUT2D eigenvalue weighted by Gasteiger charge is 2.27. The lowest BCUT2D eigenvalue weighted by molar-refractivity contribution is -0.127. The number of piperidine rings is 1. The van der Waals surface area contributed by atoms with Gasteiger partial charge in [-0.15, -0.1) is 0 Å². The molecule has 0 saturated carbocycles. The van der Waals surface area contributed by atoms with Gasteiger partial charge in [0.25, 0.3) is 0 Å². The van der Waals surface area contributed by atoms with Crippen molar-refractivity contribution in [2.24, 2.45) is 7.05 Å². The Hall–Kier alpha value is -2.61. The Labute approximate surface area is 170 Å². The van der Waals surface area contributed by atoms with Gasteiger partial charge < -0.3 is 19.9 Å². The number of nitrogens with zero attached hydrogens (tertiary/aromatic N) is 4. The molecular formula is C21H29N5O3. The molecule has 0 aliphatic carbocycles. The molecule has 2 aliphatic heterocycles. The van der Waals surface area contributed by atoms with Crippen LogP contribution in [0.5, 0.6) is 0 Å². The van der Waals surface area contributed by atoms with E-state index in [4.69, 9.17) is 4.74 Å². The Morgan fingerprint density at radius 1 is 1.17 bits per heavy atom. The fourth-order valence-corrected chi connectivity index (χ4v) is 4.21. The van der Waals surface area contributed by atoms with Crippen LogP contribution in [0.1, 0.15) is 37.2 Å². The number of benzene rings is 1. The zero-order valence-electron chi connectivity index (χ0n) is 17.0. The molecule has 3 heterocycles. The lowest BCUT2D eigenvalue weighted by Gasteiger charge is -2.36. The number of rotatable bonds is 1. The Morgan fingerprint density at radius 3 is 2.83 bits per heavy atom. The molecule has 2 fully saturated rings. The summed E-state index contributed by atoms with van der Waals surface area (Å²) in [5.41, 5.74) is 2.46. The number of hydrogen-bond acceptors (Lipinski definition) is 4. The highest BCUT2D eigenvalue weighted by molar-refractivity contribution is 5.79. The molecule has 2 aliphatic rings. The van der Waals surface area contributed by atoms with Crippen LogP contribution in [0.25, 0.3) is 10.9 Å². The first-order chi connectivity index (χ1) is 14.1. The number of aryl methyl sites for hydroxylation is 1. The molecule has 0 bridgehead atoms. The van der Waals surface area contributed by atoms with E-state index in [0.29, 0.717) is 19.0 Å². The van der Waals surface area contributed by atoms with E-state index >= 15 is 0 Å². The molecule has 156 valence electrons. The van der Waals surface area contributed by atoms with Crippen molar-refractivity contribution in [2.45, 2.75) is 31.6 Å². The van der Waals surface area contributed by atoms with Crippen molar-refractivity contribution in [3.63, 3.8) is 0 Å². The van der Waals surface area contributed by atoms with Gasteiger partial charge in [-0.05, 0) is 49.3 Å². The zero-order chi connectivity index (χ0) is 20.2. The molecule has 29 heavy (non-hydrogen) atoms. The zero-order valence-corrected chi connectivity index (χ0v) is 17.0. The van der Waals surface area contributed by atoms with E-state index in [1.165, 1.54) is 5.56 Å². The van der Waals surface area contributed by atoms with Crippen molar-refractivity contribution in [1.82, 2.24) is 24.9 Å². The van der Waals surface area contributed by atoms with Crippen LogP contribution in [0, 0.1) is 0 Å². The fourth-order valence-electron chi connectivity index (χ4n) is 4.21. The molecule has 8 nitrogen and oxygen atoms in total. The third-order valence-electron chi connectivity index (χ3n) is 5.93. The summed E-state index contributed by atoms with van der Waals surface area (Å²) in [6, 6.07) is 6.57. The number of aromatic nitrogens is 2. The normalized spacial score (nSPS) is 20.0. The van der Waals surface area contributed by atoms with Gasteiger partial charge in [0.05, 0.1) is 11.7 Å². The molecule has 1 aromatic heterocycles. The summed E-state index contributed by atoms with van der Waals surface area (Å²) in [5.74, 6) is 0.341. The van der Waals surface area contributed by atoms with Crippen molar-refractivity contribution in [1.29, 1.82) is 0 Å². The van der Waals surface area contributed by atoms with Gasteiger partial charge in [-0.25, -0.2) is 4.79 Å². The Morgan fingerprint density at radius 2 is 2.00 bits per heavy atom. The van der Waals surface area contributed by atoms with E-state index in [2.05, 4.69) is 28.6 Å². The van der Waals surface area contributed by atoms with Crippen molar-refractivity contribution in [2.75, 3.05) is 39.5 Å². The number of hydrogen-bond donors (Lipinski definition) is 1. The highest BCUT2D eigenvalue weighted by Crippen LogP contribution is 2.30. The molecule has 8 heteroatoms.